The van der Waals surface area contributed by atoms with E-state index < -0.39 is 0 Å². The second kappa shape index (κ2) is 3.79. The minimum Gasteiger partial charge on any atom is -0.351 e. The minimum absolute atomic E-state index is 0.0568. The van der Waals surface area contributed by atoms with Crippen LogP contribution in [-0.2, 0) is 0 Å². The summed E-state index contributed by atoms with van der Waals surface area (Å²) in [6.07, 6.45) is 0. The molecule has 0 radical (unpaired) electrons. The van der Waals surface area contributed by atoms with E-state index in [0.717, 1.165) is 0 Å². The molecule has 0 saturated heterocycles. The number of rotatable bonds is 2. The topological polar surface area (TPSA) is 94.0 Å². The van der Waals surface area contributed by atoms with Crippen molar-refractivity contribution in [2.75, 3.05) is 11.1 Å². The van der Waals surface area contributed by atoms with Crippen LogP contribution in [0.2, 0.25) is 0 Å². The Morgan fingerprint density at radius 1 is 1.33 bits per heavy atom. The number of amides is 1. The summed E-state index contributed by atoms with van der Waals surface area (Å²) < 4.78 is 4.50. The highest BCUT2D eigenvalue weighted by Gasteiger charge is 2.08. The number of nitrogens with zero attached hydrogens (tertiary/aromatic N) is 2. The Morgan fingerprint density at radius 2 is 2.07 bits per heavy atom. The summed E-state index contributed by atoms with van der Waals surface area (Å²) in [7, 11) is 0. The number of hydrogen-bond donors (Lipinski definition) is 2. The Balaban J connectivity index is 2.11. The number of benzene rings is 1. The molecule has 0 atom stereocenters. The maximum Gasteiger partial charge on any atom is 0.320 e. The number of hydrogen-bond acceptors (Lipinski definition) is 5. The van der Waals surface area contributed by atoms with Gasteiger partial charge in [0.05, 0.1) is 0 Å². The molecule has 0 fully saturated rings. The van der Waals surface area contributed by atoms with Crippen molar-refractivity contribution in [3.63, 3.8) is 0 Å². The van der Waals surface area contributed by atoms with Crippen molar-refractivity contribution in [1.82, 2.24) is 10.1 Å². The number of aromatic nitrogens is 2. The molecule has 0 aliphatic rings. The van der Waals surface area contributed by atoms with Crippen LogP contribution < -0.4 is 11.1 Å². The first kappa shape index (κ1) is 9.20. The van der Waals surface area contributed by atoms with Crippen LogP contribution in [0, 0.1) is 0 Å². The fourth-order valence-corrected chi connectivity index (χ4v) is 1.05. The molecule has 3 N–H and O–H groups in total. The Morgan fingerprint density at radius 3 is 2.67 bits per heavy atom. The maximum atomic E-state index is 11.5. The van der Waals surface area contributed by atoms with Crippen LogP contribution in [0.15, 0.2) is 34.9 Å². The summed E-state index contributed by atoms with van der Waals surface area (Å²) in [4.78, 5) is 15.2. The first-order valence-corrected chi connectivity index (χ1v) is 4.21. The van der Waals surface area contributed by atoms with E-state index in [1.807, 2.05) is 6.07 Å². The Hall–Kier alpha value is -2.37. The van der Waals surface area contributed by atoms with Gasteiger partial charge in [0.15, 0.2) is 0 Å². The van der Waals surface area contributed by atoms with Gasteiger partial charge >= 0.3 is 6.01 Å². The van der Waals surface area contributed by atoms with Gasteiger partial charge in [-0.15, -0.1) is 0 Å². The zero-order valence-corrected chi connectivity index (χ0v) is 7.68. The van der Waals surface area contributed by atoms with Crippen LogP contribution in [0.3, 0.4) is 0 Å². The monoisotopic (exact) mass is 204 g/mol. The van der Waals surface area contributed by atoms with E-state index >= 15 is 0 Å². The summed E-state index contributed by atoms with van der Waals surface area (Å²) >= 11 is 0. The van der Waals surface area contributed by atoms with Crippen LogP contribution >= 0.6 is 0 Å². The van der Waals surface area contributed by atoms with Gasteiger partial charge in [0, 0.05) is 5.56 Å². The molecule has 0 aliphatic heterocycles. The van der Waals surface area contributed by atoms with Crippen LogP contribution in [0.25, 0.3) is 0 Å². The molecule has 0 saturated carbocycles. The smallest absolute Gasteiger partial charge is 0.320 e. The van der Waals surface area contributed by atoms with Gasteiger partial charge < -0.3 is 10.3 Å². The van der Waals surface area contributed by atoms with Gasteiger partial charge in [-0.3, -0.25) is 10.1 Å². The van der Waals surface area contributed by atoms with Crippen LogP contribution in [0.4, 0.5) is 12.0 Å². The molecular weight excluding hydrogens is 196 g/mol. The molecule has 1 amide bonds. The lowest BCUT2D eigenvalue weighted by atomic mass is 10.2. The molecule has 0 aliphatic carbocycles. The number of nitrogens with two attached hydrogens (primary N) is 1. The normalized spacial score (nSPS) is 9.87. The molecule has 6 nitrogen and oxygen atoms in total. The number of carbonyl (C=O) groups excluding carboxylic acids is 1. The lowest BCUT2D eigenvalue weighted by molar-refractivity contribution is 0.102. The van der Waals surface area contributed by atoms with Crippen molar-refractivity contribution in [3.8, 4) is 0 Å². The van der Waals surface area contributed by atoms with E-state index in [-0.39, 0.29) is 17.9 Å². The predicted octanol–water partition coefficient (Wildman–Crippen LogP) is 0.904. The third-order valence-corrected chi connectivity index (χ3v) is 1.70. The Kier molecular flexibility index (Phi) is 2.32. The van der Waals surface area contributed by atoms with Crippen LogP contribution in [-0.4, -0.2) is 16.0 Å². The maximum absolute atomic E-state index is 11.5. The number of anilines is 2. The van der Waals surface area contributed by atoms with Crippen molar-refractivity contribution in [3.05, 3.63) is 35.9 Å². The molecule has 2 rings (SSSR count). The zero-order chi connectivity index (χ0) is 10.7. The summed E-state index contributed by atoms with van der Waals surface area (Å²) in [5.74, 6) is -0.252. The third kappa shape index (κ3) is 2.11. The molecule has 0 unspecified atom stereocenters. The molecule has 6 heteroatoms. The molecule has 1 aromatic heterocycles. The summed E-state index contributed by atoms with van der Waals surface area (Å²) in [6, 6.07) is 8.62. The minimum atomic E-state index is -0.309. The van der Waals surface area contributed by atoms with E-state index in [1.54, 1.807) is 24.3 Å². The molecule has 1 heterocycles. The molecule has 2 aromatic rings. The molecule has 1 aromatic carbocycles. The van der Waals surface area contributed by atoms with Crippen molar-refractivity contribution in [2.24, 2.45) is 0 Å². The second-order valence-corrected chi connectivity index (χ2v) is 2.78. The average molecular weight is 204 g/mol. The second-order valence-electron chi connectivity index (χ2n) is 2.78. The fourth-order valence-electron chi connectivity index (χ4n) is 1.05. The van der Waals surface area contributed by atoms with E-state index in [9.17, 15) is 4.79 Å². The Bertz CT molecular complexity index is 466. The lowest BCUT2D eigenvalue weighted by Crippen LogP contribution is -2.12. The van der Waals surface area contributed by atoms with E-state index in [1.165, 1.54) is 0 Å². The lowest BCUT2D eigenvalue weighted by Gasteiger charge is -1.98. The summed E-state index contributed by atoms with van der Waals surface area (Å²) in [5.41, 5.74) is 5.72. The standard InChI is InChI=1S/C9H8N4O2/c10-8-12-9(13-15-8)11-7(14)6-4-2-1-3-5-6/h1-5H,(H3,10,11,12,13,14). The average Bonchev–Trinajstić information content (AvgIpc) is 2.65. The van der Waals surface area contributed by atoms with Crippen molar-refractivity contribution < 1.29 is 9.32 Å². The number of nitrogens with one attached hydrogen (secondary N) is 1. The van der Waals surface area contributed by atoms with Crippen LogP contribution in [0.5, 0.6) is 0 Å². The van der Waals surface area contributed by atoms with E-state index in [2.05, 4.69) is 20.0 Å². The van der Waals surface area contributed by atoms with Crippen LogP contribution in [0.1, 0.15) is 10.4 Å². The summed E-state index contributed by atoms with van der Waals surface area (Å²) in [5, 5.41) is 5.88. The van der Waals surface area contributed by atoms with Crippen molar-refractivity contribution in [1.29, 1.82) is 0 Å². The largest absolute Gasteiger partial charge is 0.351 e. The summed E-state index contributed by atoms with van der Waals surface area (Å²) in [6.45, 7) is 0. The zero-order valence-electron chi connectivity index (χ0n) is 7.68. The number of carbonyl (C=O) groups is 1. The van der Waals surface area contributed by atoms with Gasteiger partial charge in [-0.2, -0.15) is 4.98 Å². The fraction of sp³-hybridized carbons (Fsp3) is 0. The molecule has 0 bridgehead atoms. The number of nitrogen functional groups attached to an aromatic ring is 1. The van der Waals surface area contributed by atoms with Crippen molar-refractivity contribution in [2.45, 2.75) is 0 Å². The molecule has 76 valence electrons. The van der Waals surface area contributed by atoms with Gasteiger partial charge in [-0.25, -0.2) is 0 Å². The highest BCUT2D eigenvalue weighted by molar-refractivity contribution is 6.03. The van der Waals surface area contributed by atoms with E-state index in [4.69, 9.17) is 5.73 Å². The molecule has 0 spiro atoms. The van der Waals surface area contributed by atoms with Gasteiger partial charge in [-0.1, -0.05) is 18.2 Å². The molecule has 15 heavy (non-hydrogen) atoms. The predicted molar refractivity (Wildman–Crippen MR) is 53.1 cm³/mol. The van der Waals surface area contributed by atoms with Gasteiger partial charge in [-0.05, 0) is 17.3 Å². The first-order valence-electron chi connectivity index (χ1n) is 4.21. The van der Waals surface area contributed by atoms with Crippen molar-refractivity contribution >= 4 is 17.9 Å². The van der Waals surface area contributed by atoms with Gasteiger partial charge in [0.2, 0.25) is 0 Å². The Labute approximate surface area is 85.1 Å². The highest BCUT2D eigenvalue weighted by Crippen LogP contribution is 2.06. The van der Waals surface area contributed by atoms with E-state index in [0.29, 0.717) is 5.56 Å². The van der Waals surface area contributed by atoms with Gasteiger partial charge in [0.1, 0.15) is 0 Å². The highest BCUT2D eigenvalue weighted by atomic mass is 16.5. The SMILES string of the molecule is Nc1nc(NC(=O)c2ccccc2)no1. The third-order valence-electron chi connectivity index (χ3n) is 1.70. The quantitative estimate of drug-likeness (QED) is 0.758. The molecular formula is C9H8N4O2. The first-order chi connectivity index (χ1) is 7.25. The van der Waals surface area contributed by atoms with Gasteiger partial charge in [0.25, 0.3) is 11.9 Å².